The number of carbonyl (C=O) groups is 2. The lowest BCUT2D eigenvalue weighted by atomic mass is 9.88. The third kappa shape index (κ3) is 2.19. The van der Waals surface area contributed by atoms with Crippen molar-refractivity contribution < 1.29 is 9.59 Å². The summed E-state index contributed by atoms with van der Waals surface area (Å²) in [6.45, 7) is 2.73. The Morgan fingerprint density at radius 1 is 1.35 bits per heavy atom. The van der Waals surface area contributed by atoms with Crippen molar-refractivity contribution in [1.29, 1.82) is 0 Å². The first kappa shape index (κ1) is 13.2. The van der Waals surface area contributed by atoms with Crippen molar-refractivity contribution in [2.24, 2.45) is 11.8 Å². The van der Waals surface area contributed by atoms with Crippen LogP contribution in [0.4, 0.5) is 10.5 Å². The number of nitrogens with one attached hydrogen (secondary N) is 1. The SMILES string of the molecule is CC1CCCC1C(=O)c1ccc2c(c1)CN(C)C(=O)N2. The second-order valence-corrected chi connectivity index (χ2v) is 6.04. The quantitative estimate of drug-likeness (QED) is 0.840. The largest absolute Gasteiger partial charge is 0.323 e. The van der Waals surface area contributed by atoms with Crippen molar-refractivity contribution in [2.75, 3.05) is 12.4 Å². The first-order chi connectivity index (χ1) is 9.56. The summed E-state index contributed by atoms with van der Waals surface area (Å²) in [6.07, 6.45) is 3.31. The molecule has 3 rings (SSSR count). The smallest absolute Gasteiger partial charge is 0.321 e. The minimum atomic E-state index is -0.0963. The zero-order valence-corrected chi connectivity index (χ0v) is 12.0. The topological polar surface area (TPSA) is 49.4 Å². The second-order valence-electron chi connectivity index (χ2n) is 6.04. The van der Waals surface area contributed by atoms with Gasteiger partial charge < -0.3 is 10.2 Å². The summed E-state index contributed by atoms with van der Waals surface area (Å²) in [6, 6.07) is 5.55. The van der Waals surface area contributed by atoms with E-state index < -0.39 is 0 Å². The maximum Gasteiger partial charge on any atom is 0.321 e. The predicted molar refractivity (Wildman–Crippen MR) is 77.8 cm³/mol. The van der Waals surface area contributed by atoms with Gasteiger partial charge in [0.2, 0.25) is 0 Å². The van der Waals surface area contributed by atoms with Crippen LogP contribution in [0.15, 0.2) is 18.2 Å². The number of Topliss-reactive ketones (excluding diaryl/α,β-unsaturated/α-hetero) is 1. The molecule has 1 aliphatic carbocycles. The number of fused-ring (bicyclic) bond motifs is 1. The van der Waals surface area contributed by atoms with Crippen molar-refractivity contribution in [3.8, 4) is 0 Å². The van der Waals surface area contributed by atoms with E-state index in [0.29, 0.717) is 12.5 Å². The van der Waals surface area contributed by atoms with E-state index in [2.05, 4.69) is 12.2 Å². The normalized spacial score (nSPS) is 25.3. The van der Waals surface area contributed by atoms with Crippen LogP contribution in [0.25, 0.3) is 0 Å². The number of amides is 2. The Labute approximate surface area is 119 Å². The molecule has 1 heterocycles. The number of hydrogen-bond donors (Lipinski definition) is 1. The number of benzene rings is 1. The molecule has 4 nitrogen and oxygen atoms in total. The van der Waals surface area contributed by atoms with Crippen LogP contribution < -0.4 is 5.32 Å². The fraction of sp³-hybridized carbons (Fsp3) is 0.500. The highest BCUT2D eigenvalue weighted by molar-refractivity contribution is 6.00. The van der Waals surface area contributed by atoms with Gasteiger partial charge in [-0.1, -0.05) is 13.3 Å². The van der Waals surface area contributed by atoms with E-state index in [4.69, 9.17) is 0 Å². The molecule has 106 valence electrons. The molecule has 0 aromatic heterocycles. The Morgan fingerprint density at radius 3 is 2.85 bits per heavy atom. The fourth-order valence-electron chi connectivity index (χ4n) is 3.29. The molecule has 0 bridgehead atoms. The Balaban J connectivity index is 1.87. The lowest BCUT2D eigenvalue weighted by Gasteiger charge is -2.26. The summed E-state index contributed by atoms with van der Waals surface area (Å²) in [7, 11) is 1.76. The van der Waals surface area contributed by atoms with Gasteiger partial charge >= 0.3 is 6.03 Å². The van der Waals surface area contributed by atoms with Crippen LogP contribution in [0.1, 0.15) is 42.1 Å². The molecule has 1 N–H and O–H groups in total. The van der Waals surface area contributed by atoms with Gasteiger partial charge in [-0.05, 0) is 42.5 Å². The van der Waals surface area contributed by atoms with E-state index in [9.17, 15) is 9.59 Å². The van der Waals surface area contributed by atoms with Crippen molar-refractivity contribution in [2.45, 2.75) is 32.7 Å². The maximum absolute atomic E-state index is 12.6. The van der Waals surface area contributed by atoms with Gasteiger partial charge in [-0.2, -0.15) is 0 Å². The molecule has 0 spiro atoms. The molecule has 0 radical (unpaired) electrons. The number of carbonyl (C=O) groups excluding carboxylic acids is 2. The zero-order valence-electron chi connectivity index (χ0n) is 12.0. The number of nitrogens with zero attached hydrogens (tertiary/aromatic N) is 1. The molecular weight excluding hydrogens is 252 g/mol. The summed E-state index contributed by atoms with van der Waals surface area (Å²) in [5, 5.41) is 2.83. The molecule has 2 atom stereocenters. The van der Waals surface area contributed by atoms with E-state index >= 15 is 0 Å². The van der Waals surface area contributed by atoms with E-state index in [1.807, 2.05) is 18.2 Å². The van der Waals surface area contributed by atoms with E-state index in [0.717, 1.165) is 36.1 Å². The van der Waals surface area contributed by atoms with Crippen LogP contribution >= 0.6 is 0 Å². The second kappa shape index (κ2) is 4.93. The number of ketones is 1. The maximum atomic E-state index is 12.6. The van der Waals surface area contributed by atoms with Crippen LogP contribution in [0, 0.1) is 11.8 Å². The van der Waals surface area contributed by atoms with Crippen LogP contribution in [0.2, 0.25) is 0 Å². The molecule has 1 saturated carbocycles. The highest BCUT2D eigenvalue weighted by Gasteiger charge is 2.31. The number of hydrogen-bond acceptors (Lipinski definition) is 2. The van der Waals surface area contributed by atoms with Gasteiger partial charge in [-0.3, -0.25) is 4.79 Å². The van der Waals surface area contributed by atoms with Crippen molar-refractivity contribution >= 4 is 17.5 Å². The molecule has 1 aromatic rings. The first-order valence-electron chi connectivity index (χ1n) is 7.25. The summed E-state index contributed by atoms with van der Waals surface area (Å²) < 4.78 is 0. The van der Waals surface area contributed by atoms with E-state index in [1.54, 1.807) is 11.9 Å². The van der Waals surface area contributed by atoms with Gasteiger partial charge in [0.15, 0.2) is 5.78 Å². The van der Waals surface area contributed by atoms with Crippen molar-refractivity contribution in [3.05, 3.63) is 29.3 Å². The molecule has 1 aliphatic heterocycles. The Bertz CT molecular complexity index is 568. The van der Waals surface area contributed by atoms with Crippen molar-refractivity contribution in [3.63, 3.8) is 0 Å². The van der Waals surface area contributed by atoms with Crippen LogP contribution in [0.5, 0.6) is 0 Å². The zero-order chi connectivity index (χ0) is 14.3. The molecule has 1 aromatic carbocycles. The number of urea groups is 1. The predicted octanol–water partition coefficient (Wildman–Crippen LogP) is 3.28. The summed E-state index contributed by atoms with van der Waals surface area (Å²) in [4.78, 5) is 25.8. The lowest BCUT2D eigenvalue weighted by molar-refractivity contribution is 0.0897. The highest BCUT2D eigenvalue weighted by Crippen LogP contribution is 2.34. The van der Waals surface area contributed by atoms with Crippen LogP contribution in [-0.2, 0) is 6.54 Å². The van der Waals surface area contributed by atoms with Crippen LogP contribution in [0.3, 0.4) is 0 Å². The minimum Gasteiger partial charge on any atom is -0.323 e. The van der Waals surface area contributed by atoms with Gasteiger partial charge in [0.25, 0.3) is 0 Å². The molecule has 2 amide bonds. The molecule has 1 fully saturated rings. The fourth-order valence-corrected chi connectivity index (χ4v) is 3.29. The van der Waals surface area contributed by atoms with Gasteiger partial charge in [-0.25, -0.2) is 4.79 Å². The summed E-state index contributed by atoms with van der Waals surface area (Å²) in [5.41, 5.74) is 2.62. The standard InChI is InChI=1S/C16H20N2O2/c1-10-4-3-5-13(10)15(19)11-6-7-14-12(8-11)9-18(2)16(20)17-14/h6-8,10,13H,3-5,9H2,1-2H3,(H,17,20). The van der Waals surface area contributed by atoms with Crippen molar-refractivity contribution in [1.82, 2.24) is 4.90 Å². The monoisotopic (exact) mass is 272 g/mol. The number of rotatable bonds is 2. The minimum absolute atomic E-state index is 0.0963. The third-order valence-corrected chi connectivity index (χ3v) is 4.58. The average molecular weight is 272 g/mol. The van der Waals surface area contributed by atoms with Gasteiger partial charge in [0, 0.05) is 30.8 Å². The molecule has 2 aliphatic rings. The van der Waals surface area contributed by atoms with Crippen LogP contribution in [-0.4, -0.2) is 23.8 Å². The molecule has 2 unspecified atom stereocenters. The van der Waals surface area contributed by atoms with Gasteiger partial charge in [-0.15, -0.1) is 0 Å². The average Bonchev–Trinajstić information content (AvgIpc) is 2.85. The van der Waals surface area contributed by atoms with E-state index in [1.165, 1.54) is 0 Å². The highest BCUT2D eigenvalue weighted by atomic mass is 16.2. The van der Waals surface area contributed by atoms with Gasteiger partial charge in [0.1, 0.15) is 0 Å². The summed E-state index contributed by atoms with van der Waals surface area (Å²) >= 11 is 0. The van der Waals surface area contributed by atoms with E-state index in [-0.39, 0.29) is 17.7 Å². The molecular formula is C16H20N2O2. The third-order valence-electron chi connectivity index (χ3n) is 4.58. The first-order valence-corrected chi connectivity index (χ1v) is 7.25. The number of anilines is 1. The lowest BCUT2D eigenvalue weighted by Crippen LogP contribution is -2.35. The van der Waals surface area contributed by atoms with Gasteiger partial charge in [0.05, 0.1) is 0 Å². The Kier molecular flexibility index (Phi) is 3.24. The molecule has 4 heteroatoms. The Morgan fingerprint density at radius 2 is 2.15 bits per heavy atom. The molecule has 20 heavy (non-hydrogen) atoms. The summed E-state index contributed by atoms with van der Waals surface area (Å²) in [5.74, 6) is 0.919. The molecule has 0 saturated heterocycles. The Hall–Kier alpha value is -1.84.